The van der Waals surface area contributed by atoms with Gasteiger partial charge in [-0.1, -0.05) is 188 Å². The average Bonchev–Trinajstić information content (AvgIpc) is 3.68. The van der Waals surface area contributed by atoms with Crippen LogP contribution in [0.5, 0.6) is 0 Å². The molecular formula is C56H34O. The van der Waals surface area contributed by atoms with Gasteiger partial charge in [-0.3, -0.25) is 0 Å². The van der Waals surface area contributed by atoms with Crippen molar-refractivity contribution in [1.29, 1.82) is 0 Å². The number of benzene rings is 11. The lowest BCUT2D eigenvalue weighted by atomic mass is 9.85. The standard InChI is InChI=1S/C56H34O/c1-2-17-41-35(13-1)14-12-26-42(41)36-27-29-37(30-28-36)53-46-21-6-8-23-48(46)54(49-24-9-7-22-47(49)53)40-16-11-15-38(33-40)39-31-32-51-52(34-39)57-56-50-25-10-4-19-44(50)43-18-3-5-20-45(43)55(51)56/h1-34H. The molecule has 1 aromatic heterocycles. The Balaban J connectivity index is 1.01. The van der Waals surface area contributed by atoms with E-state index in [2.05, 4.69) is 206 Å². The van der Waals surface area contributed by atoms with Gasteiger partial charge in [0.1, 0.15) is 11.2 Å². The van der Waals surface area contributed by atoms with Crippen LogP contribution in [0.25, 0.3) is 120 Å². The molecule has 57 heavy (non-hydrogen) atoms. The van der Waals surface area contributed by atoms with Crippen LogP contribution in [0, 0.1) is 0 Å². The molecule has 0 saturated heterocycles. The second-order valence-electron chi connectivity index (χ2n) is 15.1. The summed E-state index contributed by atoms with van der Waals surface area (Å²) in [5.41, 5.74) is 11.5. The van der Waals surface area contributed by atoms with Crippen molar-refractivity contribution >= 4 is 75.8 Å². The molecule has 0 aliphatic carbocycles. The Morgan fingerprint density at radius 1 is 0.263 bits per heavy atom. The molecular weight excluding hydrogens is 689 g/mol. The third kappa shape index (κ3) is 4.89. The molecule has 1 heterocycles. The summed E-state index contributed by atoms with van der Waals surface area (Å²) in [4.78, 5) is 0. The highest BCUT2D eigenvalue weighted by atomic mass is 16.3. The van der Waals surface area contributed by atoms with Crippen LogP contribution >= 0.6 is 0 Å². The molecule has 0 aliphatic rings. The highest BCUT2D eigenvalue weighted by Gasteiger charge is 2.19. The maximum Gasteiger partial charge on any atom is 0.143 e. The van der Waals surface area contributed by atoms with Crippen molar-refractivity contribution in [2.45, 2.75) is 0 Å². The van der Waals surface area contributed by atoms with Crippen LogP contribution in [0.15, 0.2) is 211 Å². The summed E-state index contributed by atoms with van der Waals surface area (Å²) in [6, 6.07) is 75.2. The Bertz CT molecular complexity index is 3510. The quantitative estimate of drug-likeness (QED) is 0.130. The van der Waals surface area contributed by atoms with E-state index in [0.717, 1.165) is 33.1 Å². The van der Waals surface area contributed by atoms with E-state index in [1.54, 1.807) is 0 Å². The first-order valence-electron chi connectivity index (χ1n) is 19.7. The number of fused-ring (bicyclic) bond motifs is 11. The predicted octanol–water partition coefficient (Wildman–Crippen LogP) is 16.0. The van der Waals surface area contributed by atoms with Gasteiger partial charge in [-0.2, -0.15) is 0 Å². The van der Waals surface area contributed by atoms with Crippen LogP contribution in [0.1, 0.15) is 0 Å². The second-order valence-corrected chi connectivity index (χ2v) is 15.1. The van der Waals surface area contributed by atoms with Gasteiger partial charge in [-0.05, 0) is 111 Å². The van der Waals surface area contributed by atoms with Gasteiger partial charge in [-0.25, -0.2) is 0 Å². The molecule has 11 aromatic carbocycles. The van der Waals surface area contributed by atoms with Gasteiger partial charge in [0.05, 0.1) is 0 Å². The van der Waals surface area contributed by atoms with Crippen molar-refractivity contribution in [3.8, 4) is 44.5 Å². The van der Waals surface area contributed by atoms with E-state index in [-0.39, 0.29) is 0 Å². The van der Waals surface area contributed by atoms with E-state index in [4.69, 9.17) is 4.42 Å². The van der Waals surface area contributed by atoms with E-state index < -0.39 is 0 Å². The molecule has 0 radical (unpaired) electrons. The number of hydrogen-bond donors (Lipinski definition) is 0. The van der Waals surface area contributed by atoms with Crippen LogP contribution < -0.4 is 0 Å². The zero-order valence-electron chi connectivity index (χ0n) is 31.0. The molecule has 1 heteroatoms. The maximum atomic E-state index is 6.77. The zero-order chi connectivity index (χ0) is 37.5. The van der Waals surface area contributed by atoms with Gasteiger partial charge in [0.15, 0.2) is 0 Å². The van der Waals surface area contributed by atoms with Crippen LogP contribution in [-0.2, 0) is 0 Å². The van der Waals surface area contributed by atoms with E-state index in [9.17, 15) is 0 Å². The fourth-order valence-corrected chi connectivity index (χ4v) is 9.48. The molecule has 0 aliphatic heterocycles. The Kier molecular flexibility index (Phi) is 7.00. The van der Waals surface area contributed by atoms with Crippen molar-refractivity contribution in [3.05, 3.63) is 206 Å². The third-order valence-corrected chi connectivity index (χ3v) is 12.0. The van der Waals surface area contributed by atoms with Crippen molar-refractivity contribution in [2.75, 3.05) is 0 Å². The molecule has 0 N–H and O–H groups in total. The highest BCUT2D eigenvalue weighted by molar-refractivity contribution is 6.30. The first-order chi connectivity index (χ1) is 28.3. The van der Waals surface area contributed by atoms with Gasteiger partial charge < -0.3 is 4.42 Å². The summed E-state index contributed by atoms with van der Waals surface area (Å²) in [6.07, 6.45) is 0. The SMILES string of the molecule is c1cc(-c2ccc3c(c2)oc2c4ccccc4c4ccccc4c32)cc(-c2c3ccccc3c(-c3ccc(-c4cccc5ccccc45)cc3)c3ccccc23)c1. The van der Waals surface area contributed by atoms with Crippen molar-refractivity contribution < 1.29 is 4.42 Å². The molecule has 1 nitrogen and oxygen atoms in total. The number of rotatable bonds is 4. The van der Waals surface area contributed by atoms with Crippen molar-refractivity contribution in [1.82, 2.24) is 0 Å². The van der Waals surface area contributed by atoms with E-state index in [1.807, 2.05) is 0 Å². The molecule has 0 unspecified atom stereocenters. The van der Waals surface area contributed by atoms with Gasteiger partial charge in [-0.15, -0.1) is 0 Å². The Morgan fingerprint density at radius 3 is 1.44 bits per heavy atom. The van der Waals surface area contributed by atoms with Crippen molar-refractivity contribution in [2.24, 2.45) is 0 Å². The average molecular weight is 723 g/mol. The highest BCUT2D eigenvalue weighted by Crippen LogP contribution is 2.46. The summed E-state index contributed by atoms with van der Waals surface area (Å²) in [5.74, 6) is 0. The fraction of sp³-hybridized carbons (Fsp3) is 0. The first kappa shape index (κ1) is 31.8. The van der Waals surface area contributed by atoms with E-state index in [0.29, 0.717) is 0 Å². The van der Waals surface area contributed by atoms with Gasteiger partial charge >= 0.3 is 0 Å². The summed E-state index contributed by atoms with van der Waals surface area (Å²) in [6.45, 7) is 0. The second kappa shape index (κ2) is 12.5. The summed E-state index contributed by atoms with van der Waals surface area (Å²) >= 11 is 0. The Morgan fingerprint density at radius 2 is 0.737 bits per heavy atom. The molecule has 0 saturated carbocycles. The predicted molar refractivity (Wildman–Crippen MR) is 243 cm³/mol. The molecule has 264 valence electrons. The molecule has 0 fully saturated rings. The topological polar surface area (TPSA) is 13.1 Å². The van der Waals surface area contributed by atoms with Crippen molar-refractivity contribution in [3.63, 3.8) is 0 Å². The summed E-state index contributed by atoms with van der Waals surface area (Å²) in [5, 5.41) is 14.7. The van der Waals surface area contributed by atoms with E-state index in [1.165, 1.54) is 87.2 Å². The summed E-state index contributed by atoms with van der Waals surface area (Å²) in [7, 11) is 0. The molecule has 0 atom stereocenters. The fourth-order valence-electron chi connectivity index (χ4n) is 9.48. The molecule has 0 amide bonds. The molecule has 0 bridgehead atoms. The van der Waals surface area contributed by atoms with Crippen LogP contribution in [0.2, 0.25) is 0 Å². The third-order valence-electron chi connectivity index (χ3n) is 12.0. The Labute approximate surface area is 329 Å². The van der Waals surface area contributed by atoms with Crippen LogP contribution in [0.3, 0.4) is 0 Å². The minimum Gasteiger partial charge on any atom is -0.455 e. The lowest BCUT2D eigenvalue weighted by molar-refractivity contribution is 0.673. The van der Waals surface area contributed by atoms with Crippen LogP contribution in [0.4, 0.5) is 0 Å². The maximum absolute atomic E-state index is 6.77. The molecule has 12 rings (SSSR count). The summed E-state index contributed by atoms with van der Waals surface area (Å²) < 4.78 is 6.77. The monoisotopic (exact) mass is 722 g/mol. The lowest BCUT2D eigenvalue weighted by Gasteiger charge is -2.18. The van der Waals surface area contributed by atoms with E-state index >= 15 is 0 Å². The lowest BCUT2D eigenvalue weighted by Crippen LogP contribution is -1.91. The van der Waals surface area contributed by atoms with Gasteiger partial charge in [0.2, 0.25) is 0 Å². The zero-order valence-corrected chi connectivity index (χ0v) is 31.0. The smallest absolute Gasteiger partial charge is 0.143 e. The van der Waals surface area contributed by atoms with Crippen LogP contribution in [-0.4, -0.2) is 0 Å². The number of hydrogen-bond acceptors (Lipinski definition) is 1. The first-order valence-corrected chi connectivity index (χ1v) is 19.7. The Hall–Kier alpha value is -7.48. The normalized spacial score (nSPS) is 11.9. The van der Waals surface area contributed by atoms with Gasteiger partial charge in [0, 0.05) is 16.2 Å². The molecule has 0 spiro atoms. The number of furan rings is 1. The largest absolute Gasteiger partial charge is 0.455 e. The minimum atomic E-state index is 0.904. The molecule has 12 aromatic rings. The minimum absolute atomic E-state index is 0.904. The van der Waals surface area contributed by atoms with Gasteiger partial charge in [0.25, 0.3) is 0 Å².